The molecule has 1 aliphatic carbocycles. The van der Waals surface area contributed by atoms with Gasteiger partial charge in [0.25, 0.3) is 0 Å². The molecule has 2 aliphatic heterocycles. The van der Waals surface area contributed by atoms with Crippen molar-refractivity contribution in [2.24, 2.45) is 5.92 Å². The van der Waals surface area contributed by atoms with Crippen LogP contribution in [0.2, 0.25) is 0 Å². The minimum atomic E-state index is -0.722. The van der Waals surface area contributed by atoms with E-state index in [-0.39, 0.29) is 36.1 Å². The van der Waals surface area contributed by atoms with Gasteiger partial charge in [0.15, 0.2) is 11.6 Å². The lowest BCUT2D eigenvalue weighted by atomic mass is 9.89. The van der Waals surface area contributed by atoms with Gasteiger partial charge in [-0.25, -0.2) is 9.18 Å². The molecular weight excluding hydrogens is 417 g/mol. The number of imide groups is 1. The topological polar surface area (TPSA) is 97.0 Å². The highest BCUT2D eigenvalue weighted by molar-refractivity contribution is 6.01. The van der Waals surface area contributed by atoms with E-state index in [1.807, 2.05) is 4.90 Å². The third-order valence-electron chi connectivity index (χ3n) is 6.64. The van der Waals surface area contributed by atoms with Crippen LogP contribution in [0.25, 0.3) is 0 Å². The smallest absolute Gasteiger partial charge is 0.407 e. The number of amides is 3. The van der Waals surface area contributed by atoms with Crippen molar-refractivity contribution in [3.05, 3.63) is 23.5 Å². The van der Waals surface area contributed by atoms with Crippen LogP contribution in [0.4, 0.5) is 14.9 Å². The fourth-order valence-corrected chi connectivity index (χ4v) is 4.79. The Hall–Kier alpha value is -2.84. The molecule has 3 aliphatic rings. The second kappa shape index (κ2) is 9.75. The summed E-state index contributed by atoms with van der Waals surface area (Å²) in [6, 6.07) is 3.21. The van der Waals surface area contributed by atoms with Crippen molar-refractivity contribution in [3.63, 3.8) is 0 Å². The minimum absolute atomic E-state index is 0.0607. The van der Waals surface area contributed by atoms with Crippen LogP contribution in [0, 0.1) is 11.7 Å². The van der Waals surface area contributed by atoms with Crippen LogP contribution in [0.5, 0.6) is 5.75 Å². The second-order valence-corrected chi connectivity index (χ2v) is 8.87. The molecule has 1 aromatic rings. The number of carbonyl (C=O) groups is 3. The lowest BCUT2D eigenvalue weighted by Gasteiger charge is -2.41. The van der Waals surface area contributed by atoms with Crippen LogP contribution < -0.4 is 20.3 Å². The Balaban J connectivity index is 1.32. The summed E-state index contributed by atoms with van der Waals surface area (Å²) < 4.78 is 25.9. The van der Waals surface area contributed by atoms with Gasteiger partial charge in [-0.05, 0) is 31.2 Å². The molecule has 3 fully saturated rings. The van der Waals surface area contributed by atoms with Gasteiger partial charge in [-0.2, -0.15) is 0 Å². The van der Waals surface area contributed by atoms with Crippen molar-refractivity contribution in [3.8, 4) is 5.75 Å². The number of rotatable bonds is 6. The van der Waals surface area contributed by atoms with Gasteiger partial charge in [0.2, 0.25) is 11.8 Å². The van der Waals surface area contributed by atoms with E-state index in [9.17, 15) is 14.4 Å². The highest BCUT2D eigenvalue weighted by Gasteiger charge is 2.35. The highest BCUT2D eigenvalue weighted by Crippen LogP contribution is 2.39. The van der Waals surface area contributed by atoms with Gasteiger partial charge >= 0.3 is 6.09 Å². The molecule has 1 unspecified atom stereocenters. The highest BCUT2D eigenvalue weighted by atomic mass is 19.1. The van der Waals surface area contributed by atoms with Gasteiger partial charge in [-0.1, -0.05) is 25.3 Å². The molecule has 32 heavy (non-hydrogen) atoms. The van der Waals surface area contributed by atoms with E-state index < -0.39 is 23.7 Å². The summed E-state index contributed by atoms with van der Waals surface area (Å²) in [4.78, 5) is 37.5. The number of nitrogens with zero attached hydrogens (tertiary/aromatic N) is 1. The SMILES string of the molecule is COc1c(N2CC(NC(=O)OCC3CCCCC3)C2)ccc(C2CCC(=O)NC2=O)c1F. The Labute approximate surface area is 186 Å². The van der Waals surface area contributed by atoms with E-state index in [0.29, 0.717) is 31.3 Å². The molecule has 1 saturated carbocycles. The second-order valence-electron chi connectivity index (χ2n) is 8.87. The van der Waals surface area contributed by atoms with E-state index in [4.69, 9.17) is 9.47 Å². The summed E-state index contributed by atoms with van der Waals surface area (Å²) in [5.41, 5.74) is 0.784. The molecule has 0 spiro atoms. The molecule has 3 amide bonds. The van der Waals surface area contributed by atoms with Crippen molar-refractivity contribution in [2.45, 2.75) is 56.9 Å². The maximum Gasteiger partial charge on any atom is 0.407 e. The van der Waals surface area contributed by atoms with Crippen LogP contribution in [-0.2, 0) is 14.3 Å². The average Bonchev–Trinajstić information content (AvgIpc) is 2.76. The molecule has 2 N–H and O–H groups in total. The van der Waals surface area contributed by atoms with Crippen molar-refractivity contribution in [1.82, 2.24) is 10.6 Å². The van der Waals surface area contributed by atoms with E-state index in [1.54, 1.807) is 12.1 Å². The van der Waals surface area contributed by atoms with Crippen LogP contribution in [-0.4, -0.2) is 50.8 Å². The molecule has 0 aromatic heterocycles. The van der Waals surface area contributed by atoms with Gasteiger partial charge in [0.05, 0.1) is 31.4 Å². The molecular formula is C23H30FN3O5. The number of methoxy groups -OCH3 is 1. The zero-order chi connectivity index (χ0) is 22.7. The van der Waals surface area contributed by atoms with Crippen molar-refractivity contribution < 1.29 is 28.2 Å². The Kier molecular flexibility index (Phi) is 6.81. The first-order chi connectivity index (χ1) is 15.5. The lowest BCUT2D eigenvalue weighted by molar-refractivity contribution is -0.134. The van der Waals surface area contributed by atoms with Crippen LogP contribution in [0.15, 0.2) is 12.1 Å². The van der Waals surface area contributed by atoms with Gasteiger partial charge in [0.1, 0.15) is 0 Å². The first kappa shape index (κ1) is 22.4. The Morgan fingerprint density at radius 3 is 2.62 bits per heavy atom. The Morgan fingerprint density at radius 2 is 1.94 bits per heavy atom. The maximum atomic E-state index is 15.2. The maximum absolute atomic E-state index is 15.2. The third-order valence-corrected chi connectivity index (χ3v) is 6.64. The summed E-state index contributed by atoms with van der Waals surface area (Å²) in [5.74, 6) is -1.63. The standard InChI is InChI=1S/C23H30FN3O5/c1-31-21-18(9-7-16(20(21)24)17-8-10-19(28)26-22(17)29)27-11-15(12-27)25-23(30)32-13-14-5-3-2-4-6-14/h7,9,14-15,17H,2-6,8,10-13H2,1H3,(H,25,30)(H,26,28,29). The molecule has 174 valence electrons. The minimum Gasteiger partial charge on any atom is -0.492 e. The Morgan fingerprint density at radius 1 is 1.19 bits per heavy atom. The zero-order valence-corrected chi connectivity index (χ0v) is 18.3. The van der Waals surface area contributed by atoms with Crippen LogP contribution >= 0.6 is 0 Å². The molecule has 1 atom stereocenters. The van der Waals surface area contributed by atoms with Crippen molar-refractivity contribution in [1.29, 1.82) is 0 Å². The van der Waals surface area contributed by atoms with Crippen molar-refractivity contribution >= 4 is 23.6 Å². The summed E-state index contributed by atoms with van der Waals surface area (Å²) >= 11 is 0. The van der Waals surface area contributed by atoms with E-state index in [0.717, 1.165) is 12.8 Å². The number of anilines is 1. The van der Waals surface area contributed by atoms with E-state index in [2.05, 4.69) is 10.6 Å². The van der Waals surface area contributed by atoms with Gasteiger partial charge in [-0.15, -0.1) is 0 Å². The number of benzene rings is 1. The van der Waals surface area contributed by atoms with Gasteiger partial charge in [-0.3, -0.25) is 14.9 Å². The molecule has 0 radical (unpaired) electrons. The number of hydrogen-bond acceptors (Lipinski definition) is 6. The van der Waals surface area contributed by atoms with Gasteiger partial charge in [0, 0.05) is 25.1 Å². The monoisotopic (exact) mass is 447 g/mol. The normalized spacial score (nSPS) is 22.2. The summed E-state index contributed by atoms with van der Waals surface area (Å²) in [6.45, 7) is 1.47. The number of ether oxygens (including phenoxy) is 2. The van der Waals surface area contributed by atoms with Crippen LogP contribution in [0.1, 0.15) is 56.4 Å². The van der Waals surface area contributed by atoms with Crippen molar-refractivity contribution in [2.75, 3.05) is 31.7 Å². The number of halogens is 1. The first-order valence-corrected chi connectivity index (χ1v) is 11.3. The van der Waals surface area contributed by atoms with E-state index >= 15 is 4.39 Å². The predicted octanol–water partition coefficient (Wildman–Crippen LogP) is 2.85. The van der Waals surface area contributed by atoms with Crippen LogP contribution in [0.3, 0.4) is 0 Å². The quantitative estimate of drug-likeness (QED) is 0.651. The first-order valence-electron chi connectivity index (χ1n) is 11.3. The fourth-order valence-electron chi connectivity index (χ4n) is 4.79. The Bertz CT molecular complexity index is 881. The fraction of sp³-hybridized carbons (Fsp3) is 0.609. The van der Waals surface area contributed by atoms with E-state index in [1.165, 1.54) is 26.4 Å². The summed E-state index contributed by atoms with van der Waals surface area (Å²) in [5, 5.41) is 5.12. The largest absolute Gasteiger partial charge is 0.492 e. The lowest BCUT2D eigenvalue weighted by Crippen LogP contribution is -2.59. The molecule has 9 heteroatoms. The number of nitrogens with one attached hydrogen (secondary N) is 2. The molecule has 4 rings (SSSR count). The summed E-state index contributed by atoms with van der Waals surface area (Å²) in [7, 11) is 1.38. The average molecular weight is 448 g/mol. The molecule has 2 heterocycles. The number of alkyl carbamates (subject to hydrolysis) is 1. The summed E-state index contributed by atoms with van der Waals surface area (Å²) in [6.07, 6.45) is 5.93. The number of carbonyl (C=O) groups excluding carboxylic acids is 3. The third kappa shape index (κ3) is 4.81. The van der Waals surface area contributed by atoms with Gasteiger partial charge < -0.3 is 19.7 Å². The zero-order valence-electron chi connectivity index (χ0n) is 18.3. The molecule has 2 saturated heterocycles. The number of piperidine rings is 1. The molecule has 1 aromatic carbocycles. The number of hydrogen-bond donors (Lipinski definition) is 2. The predicted molar refractivity (Wildman–Crippen MR) is 115 cm³/mol. The molecule has 8 nitrogen and oxygen atoms in total. The molecule has 0 bridgehead atoms.